The van der Waals surface area contributed by atoms with E-state index in [0.717, 1.165) is 15.4 Å². The number of benzene rings is 3. The number of carbonyl (C=O) groups excluding carboxylic acids is 2. The van der Waals surface area contributed by atoms with E-state index in [1.165, 1.54) is 36.3 Å². The molecule has 0 saturated heterocycles. The molecule has 8 nitrogen and oxygen atoms in total. The molecular formula is C26H25ClN2O6S. The monoisotopic (exact) mass is 528 g/mol. The molecule has 1 amide bonds. The standard InChI is InChI=1S/C26H25ClN2O6S/c1-18-7-9-19(10-8-18)15-28(36(32,33)21-13-11-20(27)12-14-21)17-25(30)29-16-24(26(31)34-2)35-23-6-4-3-5-22(23)29/h3-14,24H,15-17H2,1-2H3/t24-/m1/s1. The lowest BCUT2D eigenvalue weighted by Gasteiger charge is -2.34. The normalized spacial score (nSPS) is 15.2. The minimum atomic E-state index is -4.07. The number of hydrogen-bond donors (Lipinski definition) is 0. The van der Waals surface area contributed by atoms with Crippen molar-refractivity contribution in [2.45, 2.75) is 24.5 Å². The van der Waals surface area contributed by atoms with Gasteiger partial charge in [0.2, 0.25) is 22.0 Å². The maximum Gasteiger partial charge on any atom is 0.348 e. The molecule has 1 atom stereocenters. The summed E-state index contributed by atoms with van der Waals surface area (Å²) in [6, 6.07) is 19.9. The number of halogens is 1. The molecule has 3 aromatic rings. The van der Waals surface area contributed by atoms with Crippen LogP contribution in [-0.2, 0) is 30.9 Å². The number of anilines is 1. The van der Waals surface area contributed by atoms with Gasteiger partial charge in [0.1, 0.15) is 5.75 Å². The molecule has 0 radical (unpaired) electrons. The Balaban J connectivity index is 1.68. The Labute approximate surface area is 215 Å². The average Bonchev–Trinajstić information content (AvgIpc) is 2.88. The molecule has 36 heavy (non-hydrogen) atoms. The van der Waals surface area contributed by atoms with Crippen LogP contribution in [0.25, 0.3) is 0 Å². The summed E-state index contributed by atoms with van der Waals surface area (Å²) in [5, 5.41) is 0.397. The summed E-state index contributed by atoms with van der Waals surface area (Å²) >= 11 is 5.95. The van der Waals surface area contributed by atoms with Gasteiger partial charge >= 0.3 is 5.97 Å². The third kappa shape index (κ3) is 5.53. The topological polar surface area (TPSA) is 93.2 Å². The molecule has 10 heteroatoms. The highest BCUT2D eigenvalue weighted by Crippen LogP contribution is 2.34. The fourth-order valence-electron chi connectivity index (χ4n) is 3.84. The zero-order valence-electron chi connectivity index (χ0n) is 19.8. The minimum absolute atomic E-state index is 0.0154. The van der Waals surface area contributed by atoms with Crippen LogP contribution in [0, 0.1) is 6.92 Å². The molecule has 0 N–H and O–H groups in total. The third-order valence-corrected chi connectivity index (χ3v) is 7.84. The Bertz CT molecular complexity index is 1360. The van der Waals surface area contributed by atoms with Gasteiger partial charge < -0.3 is 14.4 Å². The number of para-hydroxylation sites is 2. The number of hydrogen-bond acceptors (Lipinski definition) is 6. The summed E-state index contributed by atoms with van der Waals surface area (Å²) in [6.45, 7) is 1.34. The van der Waals surface area contributed by atoms with E-state index < -0.39 is 34.5 Å². The van der Waals surface area contributed by atoms with Crippen LogP contribution in [-0.4, -0.2) is 50.9 Å². The first-order valence-electron chi connectivity index (χ1n) is 11.1. The number of carbonyl (C=O) groups is 2. The zero-order chi connectivity index (χ0) is 25.9. The van der Waals surface area contributed by atoms with Crippen LogP contribution in [0.15, 0.2) is 77.7 Å². The van der Waals surface area contributed by atoms with Crippen molar-refractivity contribution in [1.82, 2.24) is 4.31 Å². The first-order chi connectivity index (χ1) is 17.2. The maximum atomic E-state index is 13.6. The first kappa shape index (κ1) is 25.7. The van der Waals surface area contributed by atoms with E-state index >= 15 is 0 Å². The second-order valence-corrected chi connectivity index (χ2v) is 10.7. The van der Waals surface area contributed by atoms with Crippen molar-refractivity contribution in [2.24, 2.45) is 0 Å². The maximum absolute atomic E-state index is 13.6. The predicted molar refractivity (Wildman–Crippen MR) is 135 cm³/mol. The number of rotatable bonds is 7. The number of sulfonamides is 1. The van der Waals surface area contributed by atoms with Crippen molar-refractivity contribution in [1.29, 1.82) is 0 Å². The summed E-state index contributed by atoms with van der Waals surface area (Å²) in [6.07, 6.45) is -1.03. The van der Waals surface area contributed by atoms with Crippen LogP contribution in [0.3, 0.4) is 0 Å². The van der Waals surface area contributed by atoms with Gasteiger partial charge in [-0.05, 0) is 48.9 Å². The number of methoxy groups -OCH3 is 1. The summed E-state index contributed by atoms with van der Waals surface area (Å²) in [5.74, 6) is -0.810. The van der Waals surface area contributed by atoms with E-state index in [2.05, 4.69) is 0 Å². The highest BCUT2D eigenvalue weighted by molar-refractivity contribution is 7.89. The first-order valence-corrected chi connectivity index (χ1v) is 13.0. The number of nitrogens with zero attached hydrogens (tertiary/aromatic N) is 2. The molecule has 0 aromatic heterocycles. The summed E-state index contributed by atoms with van der Waals surface area (Å²) in [7, 11) is -2.83. The number of fused-ring (bicyclic) bond motifs is 1. The Morgan fingerprint density at radius 1 is 1.06 bits per heavy atom. The predicted octanol–water partition coefficient (Wildman–Crippen LogP) is 3.81. The van der Waals surface area contributed by atoms with Crippen molar-refractivity contribution >= 4 is 39.2 Å². The van der Waals surface area contributed by atoms with Crippen molar-refractivity contribution in [3.63, 3.8) is 0 Å². The molecule has 4 rings (SSSR count). The molecule has 188 valence electrons. The molecule has 1 heterocycles. The Kier molecular flexibility index (Phi) is 7.63. The Morgan fingerprint density at radius 2 is 1.72 bits per heavy atom. The molecule has 3 aromatic carbocycles. The SMILES string of the molecule is COC(=O)[C@H]1CN(C(=O)CN(Cc2ccc(C)cc2)S(=O)(=O)c2ccc(Cl)cc2)c2ccccc2O1. The lowest BCUT2D eigenvalue weighted by Crippen LogP contribution is -2.50. The van der Waals surface area contributed by atoms with Crippen molar-refractivity contribution < 1.29 is 27.5 Å². The van der Waals surface area contributed by atoms with E-state index in [0.29, 0.717) is 16.5 Å². The van der Waals surface area contributed by atoms with Crippen LogP contribution >= 0.6 is 11.6 Å². The third-order valence-electron chi connectivity index (χ3n) is 5.78. The average molecular weight is 529 g/mol. The fourth-order valence-corrected chi connectivity index (χ4v) is 5.34. The quantitative estimate of drug-likeness (QED) is 0.433. The van der Waals surface area contributed by atoms with E-state index in [-0.39, 0.29) is 18.0 Å². The Morgan fingerprint density at radius 3 is 2.39 bits per heavy atom. The molecule has 0 aliphatic carbocycles. The second-order valence-electron chi connectivity index (χ2n) is 8.31. The molecule has 0 saturated carbocycles. The summed E-state index contributed by atoms with van der Waals surface area (Å²) in [4.78, 5) is 27.2. The highest BCUT2D eigenvalue weighted by Gasteiger charge is 2.36. The largest absolute Gasteiger partial charge is 0.475 e. The molecule has 0 unspecified atom stereocenters. The molecule has 1 aliphatic rings. The fraction of sp³-hybridized carbons (Fsp3) is 0.231. The highest BCUT2D eigenvalue weighted by atomic mass is 35.5. The van der Waals surface area contributed by atoms with E-state index in [1.54, 1.807) is 24.3 Å². The van der Waals surface area contributed by atoms with Gasteiger partial charge in [0.25, 0.3) is 0 Å². The number of ether oxygens (including phenoxy) is 2. The lowest BCUT2D eigenvalue weighted by molar-refractivity contribution is -0.148. The minimum Gasteiger partial charge on any atom is -0.475 e. The van der Waals surface area contributed by atoms with Crippen LogP contribution in [0.1, 0.15) is 11.1 Å². The van der Waals surface area contributed by atoms with Gasteiger partial charge in [-0.1, -0.05) is 53.6 Å². The lowest BCUT2D eigenvalue weighted by atomic mass is 10.1. The molecule has 1 aliphatic heterocycles. The van der Waals surface area contributed by atoms with Gasteiger partial charge in [-0.15, -0.1) is 0 Å². The van der Waals surface area contributed by atoms with Crippen LogP contribution in [0.4, 0.5) is 5.69 Å². The van der Waals surface area contributed by atoms with Gasteiger partial charge in [-0.3, -0.25) is 4.79 Å². The van der Waals surface area contributed by atoms with Crippen LogP contribution in [0.2, 0.25) is 5.02 Å². The van der Waals surface area contributed by atoms with Crippen LogP contribution in [0.5, 0.6) is 5.75 Å². The second kappa shape index (κ2) is 10.7. The molecular weight excluding hydrogens is 504 g/mol. The molecule has 0 fully saturated rings. The summed E-state index contributed by atoms with van der Waals surface area (Å²) < 4.78 is 38.9. The van der Waals surface area contributed by atoms with E-state index in [4.69, 9.17) is 21.1 Å². The van der Waals surface area contributed by atoms with Crippen molar-refractivity contribution in [3.05, 3.63) is 88.9 Å². The van der Waals surface area contributed by atoms with Gasteiger partial charge in [0.05, 0.1) is 30.8 Å². The number of aryl methyl sites for hydroxylation is 1. The van der Waals surface area contributed by atoms with Gasteiger partial charge in [0, 0.05) is 11.6 Å². The van der Waals surface area contributed by atoms with Gasteiger partial charge in [0.15, 0.2) is 0 Å². The van der Waals surface area contributed by atoms with Crippen molar-refractivity contribution in [2.75, 3.05) is 25.1 Å². The van der Waals surface area contributed by atoms with Crippen molar-refractivity contribution in [3.8, 4) is 5.75 Å². The Hall–Kier alpha value is -3.40. The van der Waals surface area contributed by atoms with E-state index in [1.807, 2.05) is 31.2 Å². The number of amides is 1. The van der Waals surface area contributed by atoms with E-state index in [9.17, 15) is 18.0 Å². The summed E-state index contributed by atoms with van der Waals surface area (Å²) in [5.41, 5.74) is 2.20. The number of esters is 1. The van der Waals surface area contributed by atoms with Crippen LogP contribution < -0.4 is 9.64 Å². The van der Waals surface area contributed by atoms with Gasteiger partial charge in [-0.25, -0.2) is 13.2 Å². The zero-order valence-corrected chi connectivity index (χ0v) is 21.3. The molecule has 0 bridgehead atoms. The smallest absolute Gasteiger partial charge is 0.348 e. The van der Waals surface area contributed by atoms with Gasteiger partial charge in [-0.2, -0.15) is 4.31 Å². The molecule has 0 spiro atoms.